The van der Waals surface area contributed by atoms with E-state index in [4.69, 9.17) is 0 Å². The van der Waals surface area contributed by atoms with Crippen LogP contribution in [-0.2, 0) is 13.6 Å². The number of hydrogen-bond acceptors (Lipinski definition) is 9. The van der Waals surface area contributed by atoms with Gasteiger partial charge in [-0.2, -0.15) is 15.5 Å². The Bertz CT molecular complexity index is 1770. The molecular formula is C31H32N12O. The zero-order valence-electron chi connectivity index (χ0n) is 24.5. The Balaban J connectivity index is 1.17. The number of benzene rings is 1. The Hall–Kier alpha value is -5.64. The third kappa shape index (κ3) is 6.39. The Morgan fingerprint density at radius 2 is 1.93 bits per heavy atom. The van der Waals surface area contributed by atoms with Crippen LogP contribution >= 0.6 is 0 Å². The van der Waals surface area contributed by atoms with Gasteiger partial charge in [0.25, 0.3) is 0 Å². The predicted molar refractivity (Wildman–Crippen MR) is 164 cm³/mol. The lowest BCUT2D eigenvalue weighted by Gasteiger charge is -2.36. The van der Waals surface area contributed by atoms with Crippen molar-refractivity contribution < 1.29 is 4.79 Å². The average molecular weight is 589 g/mol. The van der Waals surface area contributed by atoms with Gasteiger partial charge in [-0.3, -0.25) is 14.7 Å². The van der Waals surface area contributed by atoms with Crippen LogP contribution in [0.15, 0.2) is 67.1 Å². The van der Waals surface area contributed by atoms with E-state index in [1.54, 1.807) is 15.8 Å². The molecule has 0 aliphatic heterocycles. The van der Waals surface area contributed by atoms with Crippen molar-refractivity contribution in [3.05, 3.63) is 83.9 Å². The normalized spacial score (nSPS) is 16.2. The van der Waals surface area contributed by atoms with Crippen LogP contribution in [0.5, 0.6) is 0 Å². The van der Waals surface area contributed by atoms with Gasteiger partial charge in [0.05, 0.1) is 35.0 Å². The topological polar surface area (TPSA) is 166 Å². The van der Waals surface area contributed by atoms with Gasteiger partial charge < -0.3 is 10.6 Å². The molecule has 13 nitrogen and oxygen atoms in total. The predicted octanol–water partition coefficient (Wildman–Crippen LogP) is 4.38. The van der Waals surface area contributed by atoms with Crippen LogP contribution in [-0.4, -0.2) is 58.3 Å². The highest BCUT2D eigenvalue weighted by Crippen LogP contribution is 2.29. The standard InChI is InChI=1S/C31H32N12O/c1-20-14-27(40-38-20)29-22(15-32)17-33-30(37-29)36-24-8-10-25(11-9-24)43(31(44)34-16-21-6-4-3-5-7-21)28-13-12-26(39-41-28)23-18-35-42(2)19-23/h3-7,12-14,17-19,24-25H,8-11,16H2,1-2H3,(H,34,44)(H,38,40)(H,33,36,37)/t24-,25-. The largest absolute Gasteiger partial charge is 0.351 e. The number of anilines is 2. The van der Waals surface area contributed by atoms with E-state index >= 15 is 0 Å². The highest BCUT2D eigenvalue weighted by molar-refractivity contribution is 5.91. The van der Waals surface area contributed by atoms with Gasteiger partial charge in [-0.1, -0.05) is 30.3 Å². The zero-order valence-corrected chi connectivity index (χ0v) is 24.5. The van der Waals surface area contributed by atoms with Crippen molar-refractivity contribution in [2.75, 3.05) is 10.2 Å². The van der Waals surface area contributed by atoms with Crippen molar-refractivity contribution in [1.82, 2.24) is 45.5 Å². The summed E-state index contributed by atoms with van der Waals surface area (Å²) in [5.41, 5.74) is 4.91. The Morgan fingerprint density at radius 3 is 2.59 bits per heavy atom. The Morgan fingerprint density at radius 1 is 1.11 bits per heavy atom. The van der Waals surface area contributed by atoms with Gasteiger partial charge in [0, 0.05) is 37.4 Å². The summed E-state index contributed by atoms with van der Waals surface area (Å²) in [5, 5.41) is 36.2. The fourth-order valence-corrected chi connectivity index (χ4v) is 5.42. The molecule has 0 spiro atoms. The minimum absolute atomic E-state index is 0.0761. The van der Waals surface area contributed by atoms with E-state index in [0.29, 0.717) is 41.0 Å². The van der Waals surface area contributed by atoms with Crippen molar-refractivity contribution in [3.63, 3.8) is 0 Å². The summed E-state index contributed by atoms with van der Waals surface area (Å²) in [4.78, 5) is 24.4. The van der Waals surface area contributed by atoms with Crippen LogP contribution in [0.1, 0.15) is 42.5 Å². The van der Waals surface area contributed by atoms with Crippen LogP contribution in [0.3, 0.4) is 0 Å². The summed E-state index contributed by atoms with van der Waals surface area (Å²) in [5.74, 6) is 0.943. The molecule has 13 heteroatoms. The molecule has 1 fully saturated rings. The van der Waals surface area contributed by atoms with Crippen molar-refractivity contribution in [3.8, 4) is 28.7 Å². The zero-order chi connectivity index (χ0) is 30.5. The monoisotopic (exact) mass is 588 g/mol. The summed E-state index contributed by atoms with van der Waals surface area (Å²) in [6, 6.07) is 17.3. The lowest BCUT2D eigenvalue weighted by atomic mass is 9.90. The van der Waals surface area contributed by atoms with Gasteiger partial charge in [0.2, 0.25) is 5.95 Å². The van der Waals surface area contributed by atoms with Gasteiger partial charge >= 0.3 is 6.03 Å². The molecular weight excluding hydrogens is 556 g/mol. The van der Waals surface area contributed by atoms with Gasteiger partial charge in [-0.05, 0) is 56.4 Å². The molecule has 2 amide bonds. The summed E-state index contributed by atoms with van der Waals surface area (Å²) in [6.07, 6.45) is 8.19. The molecule has 0 radical (unpaired) electrons. The van der Waals surface area contributed by atoms with E-state index in [2.05, 4.69) is 52.2 Å². The second-order valence-electron chi connectivity index (χ2n) is 10.8. The molecule has 44 heavy (non-hydrogen) atoms. The van der Waals surface area contributed by atoms with Gasteiger partial charge in [0.15, 0.2) is 5.82 Å². The van der Waals surface area contributed by atoms with Crippen molar-refractivity contribution >= 4 is 17.8 Å². The highest BCUT2D eigenvalue weighted by atomic mass is 16.2. The number of hydrogen-bond donors (Lipinski definition) is 3. The second kappa shape index (κ2) is 12.7. The third-order valence-electron chi connectivity index (χ3n) is 7.67. The minimum Gasteiger partial charge on any atom is -0.351 e. The Labute approximate surface area is 254 Å². The number of carbonyl (C=O) groups excluding carboxylic acids is 1. The van der Waals surface area contributed by atoms with Crippen LogP contribution in [0, 0.1) is 18.3 Å². The number of nitriles is 1. The lowest BCUT2D eigenvalue weighted by Crippen LogP contribution is -2.49. The molecule has 222 valence electrons. The van der Waals surface area contributed by atoms with Crippen molar-refractivity contribution in [1.29, 1.82) is 5.26 Å². The van der Waals surface area contributed by atoms with E-state index in [1.807, 2.05) is 68.7 Å². The van der Waals surface area contributed by atoms with E-state index in [-0.39, 0.29) is 18.1 Å². The first-order chi connectivity index (χ1) is 21.5. The summed E-state index contributed by atoms with van der Waals surface area (Å²) < 4.78 is 1.71. The molecule has 1 aliphatic carbocycles. The quantitative estimate of drug-likeness (QED) is 0.238. The van der Waals surface area contributed by atoms with Gasteiger partial charge in [0.1, 0.15) is 11.8 Å². The summed E-state index contributed by atoms with van der Waals surface area (Å²) >= 11 is 0. The van der Waals surface area contributed by atoms with E-state index in [0.717, 1.165) is 42.5 Å². The maximum absolute atomic E-state index is 13.6. The molecule has 1 aromatic carbocycles. The van der Waals surface area contributed by atoms with E-state index in [1.165, 1.54) is 6.20 Å². The summed E-state index contributed by atoms with van der Waals surface area (Å²) in [7, 11) is 1.85. The number of aryl methyl sites for hydroxylation is 2. The number of urea groups is 1. The fraction of sp³-hybridized carbons (Fsp3) is 0.290. The number of H-pyrrole nitrogens is 1. The maximum atomic E-state index is 13.6. The molecule has 6 rings (SSSR count). The van der Waals surface area contributed by atoms with Crippen LogP contribution in [0.25, 0.3) is 22.6 Å². The molecule has 0 unspecified atom stereocenters. The van der Waals surface area contributed by atoms with Gasteiger partial charge in [-0.15, -0.1) is 10.2 Å². The number of aromatic nitrogens is 8. The van der Waals surface area contributed by atoms with Crippen molar-refractivity contribution in [2.45, 2.75) is 51.2 Å². The first kappa shape index (κ1) is 28.5. The van der Waals surface area contributed by atoms with Crippen LogP contribution in [0.2, 0.25) is 0 Å². The molecule has 0 saturated heterocycles. The lowest BCUT2D eigenvalue weighted by molar-refractivity contribution is 0.240. The number of amides is 2. The number of nitrogens with zero attached hydrogens (tertiary/aromatic N) is 9. The number of carbonyl (C=O) groups is 1. The van der Waals surface area contributed by atoms with Gasteiger partial charge in [-0.25, -0.2) is 14.8 Å². The van der Waals surface area contributed by atoms with Crippen molar-refractivity contribution in [2.24, 2.45) is 7.05 Å². The SMILES string of the molecule is Cc1cc(-c2nc(N[C@H]3CC[C@H](N(C(=O)NCc4ccccc4)c4ccc(-c5cnn(C)c5)nn4)CC3)ncc2C#N)[nH]n1. The molecule has 3 N–H and O–H groups in total. The number of nitrogens with one attached hydrogen (secondary N) is 3. The third-order valence-corrected chi connectivity index (χ3v) is 7.67. The molecule has 1 aliphatic rings. The smallest absolute Gasteiger partial charge is 0.323 e. The number of rotatable bonds is 8. The second-order valence-corrected chi connectivity index (χ2v) is 10.8. The molecule has 4 aromatic heterocycles. The first-order valence-corrected chi connectivity index (χ1v) is 14.5. The Kier molecular flexibility index (Phi) is 8.22. The summed E-state index contributed by atoms with van der Waals surface area (Å²) in [6.45, 7) is 2.28. The first-order valence-electron chi connectivity index (χ1n) is 14.5. The highest BCUT2D eigenvalue weighted by Gasteiger charge is 2.31. The molecule has 1 saturated carbocycles. The average Bonchev–Trinajstić information content (AvgIpc) is 3.70. The van der Waals surface area contributed by atoms with Crippen LogP contribution in [0.4, 0.5) is 16.6 Å². The maximum Gasteiger partial charge on any atom is 0.323 e. The molecule has 4 heterocycles. The minimum atomic E-state index is -0.219. The number of aromatic amines is 1. The van der Waals surface area contributed by atoms with E-state index < -0.39 is 0 Å². The van der Waals surface area contributed by atoms with Crippen LogP contribution < -0.4 is 15.5 Å². The molecule has 0 bridgehead atoms. The molecule has 0 atom stereocenters. The van der Waals surface area contributed by atoms with E-state index in [9.17, 15) is 10.1 Å². The fourth-order valence-electron chi connectivity index (χ4n) is 5.42. The molecule has 5 aromatic rings.